The maximum Gasteiger partial charge on any atom is 0.295 e. The van der Waals surface area contributed by atoms with E-state index in [2.05, 4.69) is 9.62 Å². The van der Waals surface area contributed by atoms with E-state index >= 15 is 0 Å². The number of rotatable bonds is 6. The molecule has 7 heteroatoms. The molecule has 1 atom stereocenters. The summed E-state index contributed by atoms with van der Waals surface area (Å²) in [7, 11) is 0. The Morgan fingerprint density at radius 2 is 2.08 bits per heavy atom. The Bertz CT molecular complexity index is 136. The van der Waals surface area contributed by atoms with Crippen molar-refractivity contribution in [3.05, 3.63) is 0 Å². The first-order valence-electron chi connectivity index (χ1n) is 3.03. The van der Waals surface area contributed by atoms with Gasteiger partial charge in [-0.25, -0.2) is 4.89 Å². The molecule has 0 fully saturated rings. The van der Waals surface area contributed by atoms with E-state index in [1.165, 1.54) is 0 Å². The van der Waals surface area contributed by atoms with E-state index in [9.17, 15) is 4.79 Å². The number of aliphatic hydroxyl groups excluding tert-OH is 1. The largest absolute Gasteiger partial charge is 0.430 e. The van der Waals surface area contributed by atoms with Gasteiger partial charge < -0.3 is 20.1 Å². The summed E-state index contributed by atoms with van der Waals surface area (Å²) in [5.41, 5.74) is 0. The molecule has 0 spiro atoms. The third-order valence-electron chi connectivity index (χ3n) is 1.21. The van der Waals surface area contributed by atoms with Crippen molar-refractivity contribution in [2.75, 3.05) is 6.61 Å². The molecule has 0 saturated heterocycles. The molecular weight excluding hydrogens is 172 g/mol. The summed E-state index contributed by atoms with van der Waals surface area (Å²) >= 11 is 0. The third kappa shape index (κ3) is 3.11. The zero-order chi connectivity index (χ0) is 9.61. The van der Waals surface area contributed by atoms with Crippen LogP contribution in [-0.2, 0) is 14.4 Å². The van der Waals surface area contributed by atoms with Crippen molar-refractivity contribution in [2.45, 2.75) is 18.5 Å². The van der Waals surface area contributed by atoms with Gasteiger partial charge in [0.15, 0.2) is 0 Å². The van der Waals surface area contributed by atoms with Gasteiger partial charge in [0.2, 0.25) is 6.29 Å². The van der Waals surface area contributed by atoms with Gasteiger partial charge in [-0.15, -0.1) is 0 Å². The summed E-state index contributed by atoms with van der Waals surface area (Å²) in [6.07, 6.45) is -2.71. The van der Waals surface area contributed by atoms with Gasteiger partial charge >= 0.3 is 0 Å². The van der Waals surface area contributed by atoms with E-state index in [0.717, 1.165) is 0 Å². The van der Waals surface area contributed by atoms with Crippen LogP contribution in [0.4, 0.5) is 0 Å². The van der Waals surface area contributed by atoms with Gasteiger partial charge in [-0.05, 0) is 0 Å². The van der Waals surface area contributed by atoms with Crippen LogP contribution in [0.3, 0.4) is 0 Å². The maximum atomic E-state index is 9.78. The van der Waals surface area contributed by atoms with Crippen molar-refractivity contribution in [3.8, 4) is 0 Å². The molecular formula is C5H10O7. The van der Waals surface area contributed by atoms with Crippen molar-refractivity contribution in [1.29, 1.82) is 0 Å². The molecule has 0 bridgehead atoms. The Kier molecular flexibility index (Phi) is 4.71. The average molecular weight is 182 g/mol. The van der Waals surface area contributed by atoms with Gasteiger partial charge in [-0.1, -0.05) is 0 Å². The van der Waals surface area contributed by atoms with Crippen LogP contribution in [-0.4, -0.2) is 45.7 Å². The van der Waals surface area contributed by atoms with Crippen LogP contribution in [0.25, 0.3) is 0 Å². The molecule has 0 amide bonds. The van der Waals surface area contributed by atoms with E-state index in [4.69, 9.17) is 20.6 Å². The molecule has 0 aliphatic heterocycles. The third-order valence-corrected chi connectivity index (χ3v) is 1.21. The van der Waals surface area contributed by atoms with Crippen molar-refractivity contribution in [1.82, 2.24) is 0 Å². The first-order valence-corrected chi connectivity index (χ1v) is 3.03. The Morgan fingerprint density at radius 1 is 1.50 bits per heavy atom. The molecule has 7 nitrogen and oxygen atoms in total. The quantitative estimate of drug-likeness (QED) is 0.163. The molecule has 0 aliphatic carbocycles. The number of hydrogen-bond acceptors (Lipinski definition) is 7. The van der Waals surface area contributed by atoms with Gasteiger partial charge in [0.25, 0.3) is 12.3 Å². The SMILES string of the molecule is O=COC(O)(CCOO)C(O)O. The summed E-state index contributed by atoms with van der Waals surface area (Å²) in [6, 6.07) is 0. The molecule has 0 saturated carbocycles. The van der Waals surface area contributed by atoms with E-state index in [1.807, 2.05) is 0 Å². The van der Waals surface area contributed by atoms with Crippen LogP contribution in [0.2, 0.25) is 0 Å². The van der Waals surface area contributed by atoms with Crippen LogP contribution in [0.1, 0.15) is 6.42 Å². The molecule has 0 rings (SSSR count). The van der Waals surface area contributed by atoms with Crippen molar-refractivity contribution in [2.24, 2.45) is 0 Å². The van der Waals surface area contributed by atoms with E-state index < -0.39 is 25.1 Å². The van der Waals surface area contributed by atoms with Crippen LogP contribution in [0, 0.1) is 0 Å². The first-order chi connectivity index (χ1) is 5.56. The molecule has 0 aliphatic rings. The minimum Gasteiger partial charge on any atom is -0.430 e. The normalized spacial score (nSPS) is 15.8. The zero-order valence-corrected chi connectivity index (χ0v) is 6.08. The zero-order valence-electron chi connectivity index (χ0n) is 6.08. The minimum absolute atomic E-state index is 0.142. The van der Waals surface area contributed by atoms with E-state index in [1.54, 1.807) is 0 Å². The Morgan fingerprint density at radius 3 is 2.42 bits per heavy atom. The second kappa shape index (κ2) is 5.01. The summed E-state index contributed by atoms with van der Waals surface area (Å²) in [6.45, 7) is -0.543. The fourth-order valence-electron chi connectivity index (χ4n) is 0.524. The smallest absolute Gasteiger partial charge is 0.295 e. The van der Waals surface area contributed by atoms with E-state index in [-0.39, 0.29) is 6.47 Å². The van der Waals surface area contributed by atoms with Gasteiger partial charge in [-0.2, -0.15) is 0 Å². The highest BCUT2D eigenvalue weighted by atomic mass is 17.1. The van der Waals surface area contributed by atoms with Crippen LogP contribution >= 0.6 is 0 Å². The van der Waals surface area contributed by atoms with Gasteiger partial charge in [0.05, 0.1) is 6.61 Å². The summed E-state index contributed by atoms with van der Waals surface area (Å²) in [5, 5.41) is 34.0. The average Bonchev–Trinajstić information content (AvgIpc) is 2.01. The monoisotopic (exact) mass is 182 g/mol. The Hall–Kier alpha value is -0.730. The van der Waals surface area contributed by atoms with Crippen molar-refractivity contribution < 1.29 is 35.0 Å². The molecule has 0 aromatic rings. The van der Waals surface area contributed by atoms with Crippen LogP contribution in [0.5, 0.6) is 0 Å². The van der Waals surface area contributed by atoms with E-state index in [0.29, 0.717) is 0 Å². The second-order valence-electron chi connectivity index (χ2n) is 2.02. The Labute approximate surface area is 67.7 Å². The highest BCUT2D eigenvalue weighted by Crippen LogP contribution is 2.14. The lowest BCUT2D eigenvalue weighted by Gasteiger charge is -2.26. The summed E-state index contributed by atoms with van der Waals surface area (Å²) in [4.78, 5) is 13.3. The van der Waals surface area contributed by atoms with Gasteiger partial charge in [0, 0.05) is 6.42 Å². The summed E-state index contributed by atoms with van der Waals surface area (Å²) in [5.74, 6) is -2.44. The van der Waals surface area contributed by atoms with Gasteiger partial charge in [0.1, 0.15) is 0 Å². The molecule has 1 unspecified atom stereocenters. The predicted octanol–water partition coefficient (Wildman–Crippen LogP) is -1.96. The predicted molar refractivity (Wildman–Crippen MR) is 33.5 cm³/mol. The maximum absolute atomic E-state index is 9.78. The molecule has 0 heterocycles. The van der Waals surface area contributed by atoms with Crippen molar-refractivity contribution in [3.63, 3.8) is 0 Å². The lowest BCUT2D eigenvalue weighted by Crippen LogP contribution is -2.45. The number of carbonyl (C=O) groups is 1. The number of carbonyl (C=O) groups excluding carboxylic acids is 1. The lowest BCUT2D eigenvalue weighted by atomic mass is 10.2. The standard InChI is InChI=1S/C5H10O7/c6-3-11-5(9,4(7)8)1-2-12-10/h3-4,7-10H,1-2H2. The first kappa shape index (κ1) is 11.3. The number of ether oxygens (including phenoxy) is 1. The molecule has 4 N–H and O–H groups in total. The topological polar surface area (TPSA) is 116 Å². The molecule has 72 valence electrons. The minimum atomic E-state index is -2.44. The van der Waals surface area contributed by atoms with Crippen LogP contribution in [0.15, 0.2) is 0 Å². The lowest BCUT2D eigenvalue weighted by molar-refractivity contribution is -0.315. The fraction of sp³-hybridized carbons (Fsp3) is 0.800. The number of aliphatic hydroxyl groups is 3. The summed E-state index contributed by atoms with van der Waals surface area (Å²) < 4.78 is 3.98. The van der Waals surface area contributed by atoms with Crippen molar-refractivity contribution >= 4 is 6.47 Å². The molecule has 12 heavy (non-hydrogen) atoms. The fourth-order valence-corrected chi connectivity index (χ4v) is 0.524. The highest BCUT2D eigenvalue weighted by molar-refractivity contribution is 5.38. The Balaban J connectivity index is 4.07. The molecule has 0 aromatic heterocycles. The highest BCUT2D eigenvalue weighted by Gasteiger charge is 2.36. The molecule has 0 aromatic carbocycles. The number of hydrogen-bond donors (Lipinski definition) is 4. The van der Waals surface area contributed by atoms with Crippen LogP contribution < -0.4 is 0 Å². The van der Waals surface area contributed by atoms with Gasteiger partial charge in [-0.3, -0.25) is 10.1 Å². The second-order valence-corrected chi connectivity index (χ2v) is 2.02. The molecule has 0 radical (unpaired) electrons.